The van der Waals surface area contributed by atoms with Crippen molar-refractivity contribution in [3.63, 3.8) is 0 Å². The molecule has 0 aliphatic heterocycles. The molecule has 0 fully saturated rings. The summed E-state index contributed by atoms with van der Waals surface area (Å²) in [5.41, 5.74) is 0. The maximum absolute atomic E-state index is 6.72. The minimum absolute atomic E-state index is 0.669. The third kappa shape index (κ3) is 5.43. The van der Waals surface area contributed by atoms with Crippen LogP contribution in [0, 0.1) is 18.3 Å². The van der Waals surface area contributed by atoms with Gasteiger partial charge in [-0.2, -0.15) is 0 Å². The molecule has 0 aromatic heterocycles. The minimum Gasteiger partial charge on any atom is -0.0888 e. The van der Waals surface area contributed by atoms with Crippen molar-refractivity contribution in [2.45, 2.75) is 39.5 Å². The highest BCUT2D eigenvalue weighted by Crippen LogP contribution is 2.09. The summed E-state index contributed by atoms with van der Waals surface area (Å²) >= 11 is 0. The van der Waals surface area contributed by atoms with Crippen LogP contribution in [0.15, 0.2) is 0 Å². The van der Waals surface area contributed by atoms with Crippen molar-refractivity contribution in [2.24, 2.45) is 5.92 Å². The zero-order chi connectivity index (χ0) is 7.11. The van der Waals surface area contributed by atoms with Crippen molar-refractivity contribution in [3.8, 4) is 5.92 Å². The highest BCUT2D eigenvalue weighted by Gasteiger charge is 1.96. The molecule has 51 valence electrons. The van der Waals surface area contributed by atoms with Gasteiger partial charge in [0.2, 0.25) is 0 Å². The molecule has 0 rings (SSSR count). The molecule has 0 nitrogen and oxygen atoms in total. The van der Waals surface area contributed by atoms with Crippen LogP contribution in [-0.2, 0) is 0 Å². The van der Waals surface area contributed by atoms with Gasteiger partial charge < -0.3 is 0 Å². The third-order valence-corrected chi connectivity index (χ3v) is 1.50. The van der Waals surface area contributed by atoms with Crippen molar-refractivity contribution in [1.29, 1.82) is 0 Å². The van der Waals surface area contributed by atoms with E-state index in [1.54, 1.807) is 0 Å². The van der Waals surface area contributed by atoms with Crippen LogP contribution in [0.1, 0.15) is 39.5 Å². The summed E-state index contributed by atoms with van der Waals surface area (Å²) in [6.45, 7) is 4.37. The Labute approximate surface area is 58.7 Å². The zero-order valence-electron chi connectivity index (χ0n) is 6.41. The second-order valence-electron chi connectivity index (χ2n) is 2.63. The van der Waals surface area contributed by atoms with E-state index in [2.05, 4.69) is 19.8 Å². The summed E-state index contributed by atoms with van der Waals surface area (Å²) in [6, 6.07) is 0. The maximum Gasteiger partial charge on any atom is 0.0125 e. The van der Waals surface area contributed by atoms with Gasteiger partial charge in [-0.3, -0.25) is 0 Å². The number of rotatable bonds is 4. The van der Waals surface area contributed by atoms with Gasteiger partial charge >= 0.3 is 0 Å². The highest BCUT2D eigenvalue weighted by atomic mass is 14.0. The van der Waals surface area contributed by atoms with Crippen molar-refractivity contribution in [2.75, 3.05) is 0 Å². The molecule has 0 saturated carbocycles. The van der Waals surface area contributed by atoms with Crippen molar-refractivity contribution in [1.82, 2.24) is 0 Å². The molecule has 9 heavy (non-hydrogen) atoms. The Balaban J connectivity index is 3.08. The third-order valence-electron chi connectivity index (χ3n) is 1.50. The zero-order valence-corrected chi connectivity index (χ0v) is 6.41. The first-order valence-corrected chi connectivity index (χ1v) is 3.70. The fourth-order valence-electron chi connectivity index (χ4n) is 0.829. The van der Waals surface area contributed by atoms with Crippen LogP contribution in [0.4, 0.5) is 0 Å². The topological polar surface area (TPSA) is 0 Å². The predicted octanol–water partition coefficient (Wildman–Crippen LogP) is 2.79. The first kappa shape index (κ1) is 8.56. The van der Waals surface area contributed by atoms with Crippen LogP contribution in [0.3, 0.4) is 0 Å². The van der Waals surface area contributed by atoms with E-state index in [1.807, 2.05) is 0 Å². The molecule has 0 bridgehead atoms. The van der Waals surface area contributed by atoms with E-state index in [4.69, 9.17) is 6.42 Å². The Morgan fingerprint density at radius 1 is 1.56 bits per heavy atom. The number of unbranched alkanes of at least 4 members (excludes halogenated alkanes) is 1. The Morgan fingerprint density at radius 2 is 2.22 bits per heavy atom. The predicted molar refractivity (Wildman–Crippen MR) is 40.4 cm³/mol. The molecule has 0 amide bonds. The van der Waals surface area contributed by atoms with Gasteiger partial charge in [0.1, 0.15) is 0 Å². The highest BCUT2D eigenvalue weighted by molar-refractivity contribution is 4.77. The monoisotopic (exact) mass is 123 g/mol. The summed E-state index contributed by atoms with van der Waals surface area (Å²) in [5.74, 6) is 3.10. The van der Waals surface area contributed by atoms with Crippen LogP contribution in [-0.4, -0.2) is 0 Å². The second kappa shape index (κ2) is 5.69. The molecule has 0 aromatic carbocycles. The lowest BCUT2D eigenvalue weighted by Crippen LogP contribution is -1.91. The summed E-state index contributed by atoms with van der Waals surface area (Å²) in [4.78, 5) is 0. The van der Waals surface area contributed by atoms with E-state index in [0.717, 1.165) is 6.42 Å². The first-order valence-electron chi connectivity index (χ1n) is 3.70. The van der Waals surface area contributed by atoms with Gasteiger partial charge in [0.05, 0.1) is 0 Å². The Morgan fingerprint density at radius 3 is 2.67 bits per heavy atom. The summed E-state index contributed by atoms with van der Waals surface area (Å²) in [6.07, 6.45) is 11.4. The Bertz CT molecular complexity index is 86.7. The Hall–Kier alpha value is -0.440. The fraction of sp³-hybridized carbons (Fsp3) is 0.778. The molecular weight excluding hydrogens is 108 g/mol. The van der Waals surface area contributed by atoms with Gasteiger partial charge in [0.15, 0.2) is 0 Å². The standard InChI is InChI=1S/C9H15/c1-4-6-8-9(3)7-5-2/h9H,4,6-8H2,1,3H3. The van der Waals surface area contributed by atoms with Crippen molar-refractivity contribution in [3.05, 3.63) is 6.42 Å². The number of hydrogen-bond donors (Lipinski definition) is 0. The second-order valence-corrected chi connectivity index (χ2v) is 2.63. The number of hydrogen-bond acceptors (Lipinski definition) is 0. The molecule has 0 aromatic rings. The first-order chi connectivity index (χ1) is 4.31. The molecule has 0 saturated heterocycles. The lowest BCUT2D eigenvalue weighted by atomic mass is 10.0. The van der Waals surface area contributed by atoms with E-state index in [9.17, 15) is 0 Å². The lowest BCUT2D eigenvalue weighted by molar-refractivity contribution is 0.518. The SMILES string of the molecule is [C]#CCC(C)CCCC. The molecule has 0 heteroatoms. The van der Waals surface area contributed by atoms with Gasteiger partial charge in [-0.1, -0.05) is 32.6 Å². The van der Waals surface area contributed by atoms with Crippen LogP contribution < -0.4 is 0 Å². The van der Waals surface area contributed by atoms with Gasteiger partial charge in [0.25, 0.3) is 0 Å². The molecule has 0 spiro atoms. The van der Waals surface area contributed by atoms with Gasteiger partial charge in [-0.25, -0.2) is 0 Å². The molecule has 0 heterocycles. The van der Waals surface area contributed by atoms with Crippen molar-refractivity contribution >= 4 is 0 Å². The summed E-state index contributed by atoms with van der Waals surface area (Å²) in [5, 5.41) is 0. The summed E-state index contributed by atoms with van der Waals surface area (Å²) in [7, 11) is 0. The molecule has 1 atom stereocenters. The Kier molecular flexibility index (Phi) is 5.41. The van der Waals surface area contributed by atoms with E-state index < -0.39 is 0 Å². The van der Waals surface area contributed by atoms with E-state index >= 15 is 0 Å². The normalized spacial score (nSPS) is 12.6. The fourth-order valence-corrected chi connectivity index (χ4v) is 0.829. The van der Waals surface area contributed by atoms with Crippen LogP contribution in [0.2, 0.25) is 0 Å². The van der Waals surface area contributed by atoms with Gasteiger partial charge in [-0.05, 0) is 18.8 Å². The van der Waals surface area contributed by atoms with E-state index in [1.165, 1.54) is 19.3 Å². The maximum atomic E-state index is 6.72. The minimum atomic E-state index is 0.669. The average Bonchev–Trinajstić information content (AvgIpc) is 1.85. The molecule has 0 N–H and O–H groups in total. The summed E-state index contributed by atoms with van der Waals surface area (Å²) < 4.78 is 0. The average molecular weight is 123 g/mol. The van der Waals surface area contributed by atoms with Gasteiger partial charge in [-0.15, -0.1) is 0 Å². The molecule has 0 aliphatic carbocycles. The molecule has 0 aliphatic rings. The largest absolute Gasteiger partial charge is 0.0888 e. The smallest absolute Gasteiger partial charge is 0.0125 e. The van der Waals surface area contributed by atoms with Crippen LogP contribution in [0.5, 0.6) is 0 Å². The lowest BCUT2D eigenvalue weighted by Gasteiger charge is -2.03. The quantitative estimate of drug-likeness (QED) is 0.504. The van der Waals surface area contributed by atoms with Crippen LogP contribution in [0.25, 0.3) is 0 Å². The molecule has 1 radical (unpaired) electrons. The van der Waals surface area contributed by atoms with E-state index in [0.29, 0.717) is 5.92 Å². The van der Waals surface area contributed by atoms with Crippen molar-refractivity contribution < 1.29 is 0 Å². The van der Waals surface area contributed by atoms with Gasteiger partial charge in [0, 0.05) is 6.42 Å². The van der Waals surface area contributed by atoms with E-state index in [-0.39, 0.29) is 0 Å². The van der Waals surface area contributed by atoms with Crippen LogP contribution >= 0.6 is 0 Å². The molecular formula is C9H15. The molecule has 1 unspecified atom stereocenters.